The van der Waals surface area contributed by atoms with Gasteiger partial charge < -0.3 is 10.6 Å². The topological polar surface area (TPSA) is 104 Å². The molecule has 3 N–H and O–H groups in total. The second kappa shape index (κ2) is 10.3. The number of carbonyl (C=O) groups is 2. The maximum Gasteiger partial charge on any atom is 0.328 e. The number of sulfonamides is 1. The van der Waals surface area contributed by atoms with Crippen LogP contribution in [0.1, 0.15) is 58.3 Å². The molecular weight excluding hydrogens is 366 g/mol. The van der Waals surface area contributed by atoms with Crippen molar-refractivity contribution in [3.8, 4) is 0 Å². The van der Waals surface area contributed by atoms with Gasteiger partial charge >= 0.3 is 6.03 Å². The van der Waals surface area contributed by atoms with Crippen LogP contribution in [-0.2, 0) is 14.8 Å². The van der Waals surface area contributed by atoms with Gasteiger partial charge in [-0.15, -0.1) is 0 Å². The Bertz CT molecular complexity index is 726. The van der Waals surface area contributed by atoms with Gasteiger partial charge in [0.05, 0.1) is 4.90 Å². The summed E-state index contributed by atoms with van der Waals surface area (Å²) in [6.07, 6.45) is 7.99. The molecule has 3 amide bonds. The molecule has 0 aromatic heterocycles. The van der Waals surface area contributed by atoms with Crippen molar-refractivity contribution in [3.63, 3.8) is 0 Å². The number of benzene rings is 1. The lowest BCUT2D eigenvalue weighted by atomic mass is 9.87. The first-order valence-electron chi connectivity index (χ1n) is 9.61. The quantitative estimate of drug-likeness (QED) is 0.587. The van der Waals surface area contributed by atoms with E-state index >= 15 is 0 Å². The first-order chi connectivity index (χ1) is 12.9. The molecule has 0 atom stereocenters. The smallest absolute Gasteiger partial charge is 0.328 e. The van der Waals surface area contributed by atoms with Crippen molar-refractivity contribution in [2.75, 3.05) is 11.9 Å². The van der Waals surface area contributed by atoms with Crippen LogP contribution >= 0.6 is 0 Å². The Morgan fingerprint density at radius 3 is 2.37 bits per heavy atom. The van der Waals surface area contributed by atoms with Crippen molar-refractivity contribution >= 4 is 27.6 Å². The summed E-state index contributed by atoms with van der Waals surface area (Å²) in [6, 6.07) is 5.06. The third-order valence-electron chi connectivity index (χ3n) is 4.69. The van der Waals surface area contributed by atoms with E-state index in [1.54, 1.807) is 0 Å². The maximum absolute atomic E-state index is 12.2. The third-order valence-corrected chi connectivity index (χ3v) is 6.04. The molecule has 0 aliphatic heterocycles. The van der Waals surface area contributed by atoms with E-state index in [0.29, 0.717) is 24.6 Å². The Balaban J connectivity index is 1.87. The molecular formula is C19H29N3O4S. The summed E-state index contributed by atoms with van der Waals surface area (Å²) in [5, 5.41) is 5.31. The molecule has 1 aliphatic rings. The zero-order valence-electron chi connectivity index (χ0n) is 15.8. The molecule has 0 heterocycles. The van der Waals surface area contributed by atoms with Crippen molar-refractivity contribution in [3.05, 3.63) is 24.3 Å². The number of hydrogen-bond donors (Lipinski definition) is 3. The summed E-state index contributed by atoms with van der Waals surface area (Å²) in [4.78, 5) is 23.8. The van der Waals surface area contributed by atoms with Crippen LogP contribution in [0.5, 0.6) is 0 Å². The highest BCUT2D eigenvalue weighted by Gasteiger charge is 2.19. The van der Waals surface area contributed by atoms with Crippen LogP contribution in [-0.4, -0.2) is 26.9 Å². The standard InChI is InChI=1S/C19H29N3O4S/c1-2-3-13-20-19(24)22-27(25,26)17-11-9-16(10-12-17)21-18(23)14-15-7-5-4-6-8-15/h9-12,15H,2-8,13-14H2,1H3,(H,21,23)(H2,20,22,24). The summed E-state index contributed by atoms with van der Waals surface area (Å²) in [5.41, 5.74) is 0.544. The number of rotatable bonds is 8. The SMILES string of the molecule is CCCCNC(=O)NS(=O)(=O)c1ccc(NC(=O)CC2CCCCC2)cc1. The Morgan fingerprint density at radius 1 is 1.07 bits per heavy atom. The number of amides is 3. The Hall–Kier alpha value is -2.09. The van der Waals surface area contributed by atoms with E-state index in [-0.39, 0.29) is 10.8 Å². The van der Waals surface area contributed by atoms with Gasteiger partial charge in [0.15, 0.2) is 0 Å². The Labute approximate surface area is 161 Å². The molecule has 8 heteroatoms. The van der Waals surface area contributed by atoms with Crippen LogP contribution in [0, 0.1) is 5.92 Å². The average molecular weight is 396 g/mol. The van der Waals surface area contributed by atoms with Gasteiger partial charge in [-0.2, -0.15) is 0 Å². The van der Waals surface area contributed by atoms with E-state index < -0.39 is 16.1 Å². The number of unbranched alkanes of at least 4 members (excludes halogenated alkanes) is 1. The van der Waals surface area contributed by atoms with Gasteiger partial charge in [-0.25, -0.2) is 17.9 Å². The molecule has 0 saturated heterocycles. The van der Waals surface area contributed by atoms with Crippen molar-refractivity contribution < 1.29 is 18.0 Å². The first-order valence-corrected chi connectivity index (χ1v) is 11.1. The summed E-state index contributed by atoms with van der Waals surface area (Å²) >= 11 is 0. The van der Waals surface area contributed by atoms with E-state index in [1.165, 1.54) is 43.5 Å². The zero-order valence-corrected chi connectivity index (χ0v) is 16.6. The van der Waals surface area contributed by atoms with E-state index in [1.807, 2.05) is 11.6 Å². The molecule has 150 valence electrons. The number of anilines is 1. The molecule has 1 saturated carbocycles. The first kappa shape index (κ1) is 21.2. The third kappa shape index (κ3) is 7.21. The normalized spacial score (nSPS) is 15.1. The predicted octanol–water partition coefficient (Wildman–Crippen LogP) is 3.38. The Morgan fingerprint density at radius 2 is 1.74 bits per heavy atom. The maximum atomic E-state index is 12.2. The molecule has 1 aromatic rings. The highest BCUT2D eigenvalue weighted by Crippen LogP contribution is 2.26. The minimum atomic E-state index is -3.94. The fourth-order valence-corrected chi connectivity index (χ4v) is 4.11. The molecule has 7 nitrogen and oxygen atoms in total. The van der Waals surface area contributed by atoms with Gasteiger partial charge in [0.2, 0.25) is 5.91 Å². The second-order valence-electron chi connectivity index (χ2n) is 7.00. The van der Waals surface area contributed by atoms with Gasteiger partial charge in [0.1, 0.15) is 0 Å². The van der Waals surface area contributed by atoms with Crippen LogP contribution in [0.2, 0.25) is 0 Å². The molecule has 1 aromatic carbocycles. The summed E-state index contributed by atoms with van der Waals surface area (Å²) in [6.45, 7) is 2.40. The molecule has 0 unspecified atom stereocenters. The number of urea groups is 1. The van der Waals surface area contributed by atoms with Gasteiger partial charge in [-0.1, -0.05) is 32.6 Å². The van der Waals surface area contributed by atoms with Crippen molar-refractivity contribution in [2.45, 2.75) is 63.2 Å². The highest BCUT2D eigenvalue weighted by atomic mass is 32.2. The van der Waals surface area contributed by atoms with Crippen LogP contribution in [0.4, 0.5) is 10.5 Å². The molecule has 1 fully saturated rings. The number of hydrogen-bond acceptors (Lipinski definition) is 4. The van der Waals surface area contributed by atoms with Gasteiger partial charge in [0.25, 0.3) is 10.0 Å². The second-order valence-corrected chi connectivity index (χ2v) is 8.68. The van der Waals surface area contributed by atoms with E-state index in [4.69, 9.17) is 0 Å². The predicted molar refractivity (Wildman–Crippen MR) is 105 cm³/mol. The molecule has 0 radical (unpaired) electrons. The average Bonchev–Trinajstić information content (AvgIpc) is 2.62. The lowest BCUT2D eigenvalue weighted by Gasteiger charge is -2.20. The van der Waals surface area contributed by atoms with Crippen molar-refractivity contribution in [1.29, 1.82) is 0 Å². The molecule has 27 heavy (non-hydrogen) atoms. The molecule has 0 spiro atoms. The molecule has 1 aliphatic carbocycles. The van der Waals surface area contributed by atoms with Crippen LogP contribution in [0.25, 0.3) is 0 Å². The summed E-state index contributed by atoms with van der Waals surface area (Å²) < 4.78 is 26.4. The van der Waals surface area contributed by atoms with Crippen molar-refractivity contribution in [1.82, 2.24) is 10.0 Å². The monoisotopic (exact) mass is 395 g/mol. The lowest BCUT2D eigenvalue weighted by Crippen LogP contribution is -2.39. The van der Waals surface area contributed by atoms with Gasteiger partial charge in [0, 0.05) is 18.7 Å². The van der Waals surface area contributed by atoms with Gasteiger partial charge in [-0.05, 0) is 49.4 Å². The number of carbonyl (C=O) groups excluding carboxylic acids is 2. The van der Waals surface area contributed by atoms with E-state index in [9.17, 15) is 18.0 Å². The lowest BCUT2D eigenvalue weighted by molar-refractivity contribution is -0.117. The van der Waals surface area contributed by atoms with E-state index in [0.717, 1.165) is 25.7 Å². The number of nitrogens with one attached hydrogen (secondary N) is 3. The molecule has 2 rings (SSSR count). The van der Waals surface area contributed by atoms with Crippen LogP contribution < -0.4 is 15.4 Å². The van der Waals surface area contributed by atoms with E-state index in [2.05, 4.69) is 10.6 Å². The fourth-order valence-electron chi connectivity index (χ4n) is 3.18. The largest absolute Gasteiger partial charge is 0.337 e. The van der Waals surface area contributed by atoms with Crippen molar-refractivity contribution in [2.24, 2.45) is 5.92 Å². The molecule has 0 bridgehead atoms. The van der Waals surface area contributed by atoms with Gasteiger partial charge in [-0.3, -0.25) is 4.79 Å². The zero-order chi connectivity index (χ0) is 19.7. The van der Waals surface area contributed by atoms with Crippen LogP contribution in [0.3, 0.4) is 0 Å². The summed E-state index contributed by atoms with van der Waals surface area (Å²) in [5.74, 6) is 0.389. The fraction of sp³-hybridized carbons (Fsp3) is 0.579. The summed E-state index contributed by atoms with van der Waals surface area (Å²) in [7, 11) is -3.94. The highest BCUT2D eigenvalue weighted by molar-refractivity contribution is 7.90. The minimum Gasteiger partial charge on any atom is -0.337 e. The minimum absolute atomic E-state index is 0.0292. The van der Waals surface area contributed by atoms with Crippen LogP contribution in [0.15, 0.2) is 29.2 Å². The Kier molecular flexibility index (Phi) is 8.09.